The van der Waals surface area contributed by atoms with Gasteiger partial charge in [-0.2, -0.15) is 30.4 Å². The van der Waals surface area contributed by atoms with E-state index in [1.165, 1.54) is 23.2 Å². The van der Waals surface area contributed by atoms with E-state index in [0.29, 0.717) is 22.9 Å². The number of carbonyl (C=O) groups is 3. The van der Waals surface area contributed by atoms with Crippen molar-refractivity contribution in [3.63, 3.8) is 0 Å². The fraction of sp³-hybridized carbons (Fsp3) is 0.167. The molecule has 2 amide bonds. The number of aromatic nitrogens is 1. The van der Waals surface area contributed by atoms with Gasteiger partial charge in [0.15, 0.2) is 17.9 Å². The van der Waals surface area contributed by atoms with Crippen molar-refractivity contribution in [2.75, 3.05) is 10.0 Å². The lowest BCUT2D eigenvalue weighted by Gasteiger charge is -2.13. The van der Waals surface area contributed by atoms with Gasteiger partial charge in [-0.05, 0) is 50.2 Å². The molecule has 5 rings (SSSR count). The lowest BCUT2D eigenvalue weighted by atomic mass is 10.2. The number of carboxylic acids is 1. The van der Waals surface area contributed by atoms with Gasteiger partial charge in [0.1, 0.15) is 0 Å². The highest BCUT2D eigenvalue weighted by Gasteiger charge is 2.38. The van der Waals surface area contributed by atoms with Crippen molar-refractivity contribution >= 4 is 51.6 Å². The molecule has 0 spiro atoms. The Labute approximate surface area is 199 Å². The predicted octanol–water partition coefficient (Wildman–Crippen LogP) is 3.27. The molecule has 2 aromatic carbocycles. The van der Waals surface area contributed by atoms with E-state index >= 15 is 0 Å². The second-order valence-electron chi connectivity index (χ2n) is 8.04. The monoisotopic (exact) mass is 469 g/mol. The van der Waals surface area contributed by atoms with Gasteiger partial charge in [0.2, 0.25) is 0 Å². The van der Waals surface area contributed by atoms with Crippen LogP contribution in [0.4, 0.5) is 11.5 Å². The Morgan fingerprint density at radius 3 is 2.23 bits per heavy atom. The van der Waals surface area contributed by atoms with Crippen LogP contribution in [0.3, 0.4) is 0 Å². The van der Waals surface area contributed by atoms with Crippen LogP contribution in [0.25, 0.3) is 10.9 Å². The normalized spacial score (nSPS) is 20.2. The zero-order chi connectivity index (χ0) is 24.7. The number of amides is 2. The highest BCUT2D eigenvalue weighted by Crippen LogP contribution is 2.26. The van der Waals surface area contributed by atoms with E-state index < -0.39 is 29.9 Å². The number of nitrogens with zero attached hydrogens (tertiary/aromatic N) is 7. The minimum absolute atomic E-state index is 0.0269. The molecular weight excluding hydrogens is 450 g/mol. The Bertz CT molecular complexity index is 1480. The number of benzene rings is 2. The van der Waals surface area contributed by atoms with Crippen LogP contribution in [-0.4, -0.2) is 51.4 Å². The highest BCUT2D eigenvalue weighted by atomic mass is 16.4. The van der Waals surface area contributed by atoms with E-state index in [2.05, 4.69) is 25.4 Å². The van der Waals surface area contributed by atoms with Gasteiger partial charge in [0.25, 0.3) is 11.8 Å². The molecule has 2 aliphatic heterocycles. The van der Waals surface area contributed by atoms with Crippen molar-refractivity contribution in [2.45, 2.75) is 25.9 Å². The van der Waals surface area contributed by atoms with E-state index in [1.807, 2.05) is 30.3 Å². The number of fused-ring (bicyclic) bond motifs is 1. The fourth-order valence-electron chi connectivity index (χ4n) is 3.80. The van der Waals surface area contributed by atoms with Crippen molar-refractivity contribution < 1.29 is 19.5 Å². The molecule has 11 heteroatoms. The molecule has 3 aromatic rings. The molecule has 3 heterocycles. The third-order valence-electron chi connectivity index (χ3n) is 5.63. The van der Waals surface area contributed by atoms with Gasteiger partial charge in [-0.3, -0.25) is 9.59 Å². The number of hydrazone groups is 2. The Morgan fingerprint density at radius 2 is 1.51 bits per heavy atom. The molecule has 174 valence electrons. The molecule has 11 nitrogen and oxygen atoms in total. The summed E-state index contributed by atoms with van der Waals surface area (Å²) in [5.74, 6) is -1.68. The summed E-state index contributed by atoms with van der Waals surface area (Å²) in [6.07, 6.45) is 0. The van der Waals surface area contributed by atoms with Crippen molar-refractivity contribution in [3.05, 3.63) is 66.2 Å². The third-order valence-corrected chi connectivity index (χ3v) is 5.63. The predicted molar refractivity (Wildman–Crippen MR) is 129 cm³/mol. The molecule has 1 N–H and O–H groups in total. The molecular formula is C24H19N7O4. The van der Waals surface area contributed by atoms with Crippen LogP contribution in [0, 0.1) is 0 Å². The van der Waals surface area contributed by atoms with Gasteiger partial charge in [-0.15, -0.1) is 0 Å². The Balaban J connectivity index is 1.35. The molecule has 0 saturated heterocycles. The van der Waals surface area contributed by atoms with Gasteiger partial charge in [-0.25, -0.2) is 9.78 Å². The van der Waals surface area contributed by atoms with Crippen LogP contribution < -0.4 is 10.0 Å². The second kappa shape index (κ2) is 8.52. The number of pyridine rings is 1. The van der Waals surface area contributed by atoms with Gasteiger partial charge < -0.3 is 5.11 Å². The smallest absolute Gasteiger partial charge is 0.335 e. The number of para-hydroxylation sites is 1. The molecule has 0 radical (unpaired) electrons. The van der Waals surface area contributed by atoms with Gasteiger partial charge in [0, 0.05) is 5.39 Å². The highest BCUT2D eigenvalue weighted by molar-refractivity contribution is 6.19. The fourth-order valence-corrected chi connectivity index (χ4v) is 3.80. The number of anilines is 2. The Kier molecular flexibility index (Phi) is 5.36. The van der Waals surface area contributed by atoms with Crippen LogP contribution >= 0.6 is 0 Å². The first-order valence-corrected chi connectivity index (χ1v) is 10.7. The lowest BCUT2D eigenvalue weighted by Crippen LogP contribution is -2.32. The minimum Gasteiger partial charge on any atom is -0.478 e. The van der Waals surface area contributed by atoms with Crippen LogP contribution in [0.1, 0.15) is 24.2 Å². The first kappa shape index (κ1) is 22.0. The summed E-state index contributed by atoms with van der Waals surface area (Å²) in [6, 6.07) is 14.9. The minimum atomic E-state index is -1.12. The number of carbonyl (C=O) groups excluding carboxylic acids is 2. The number of hydrogen-bond acceptors (Lipinski definition) is 8. The van der Waals surface area contributed by atoms with Crippen LogP contribution in [0.15, 0.2) is 81.1 Å². The molecule has 2 aliphatic rings. The van der Waals surface area contributed by atoms with Crippen molar-refractivity contribution in [1.82, 2.24) is 4.98 Å². The number of hydrogen-bond donors (Lipinski definition) is 1. The Morgan fingerprint density at radius 1 is 0.857 bits per heavy atom. The number of aromatic carboxylic acids is 1. The molecule has 2 unspecified atom stereocenters. The van der Waals surface area contributed by atoms with Gasteiger partial charge in [0.05, 0.1) is 28.2 Å². The maximum Gasteiger partial charge on any atom is 0.335 e. The van der Waals surface area contributed by atoms with Gasteiger partial charge >= 0.3 is 5.97 Å². The first-order chi connectivity index (χ1) is 16.8. The van der Waals surface area contributed by atoms with Crippen molar-refractivity contribution in [1.29, 1.82) is 0 Å². The lowest BCUT2D eigenvalue weighted by molar-refractivity contribution is -0.119. The molecule has 0 fully saturated rings. The van der Waals surface area contributed by atoms with Crippen LogP contribution in [0.5, 0.6) is 0 Å². The summed E-state index contributed by atoms with van der Waals surface area (Å²) in [5, 5.41) is 29.2. The number of azo groups is 1. The number of carboxylic acid groups (broad SMARTS) is 1. The molecule has 35 heavy (non-hydrogen) atoms. The second-order valence-corrected chi connectivity index (χ2v) is 8.04. The summed E-state index contributed by atoms with van der Waals surface area (Å²) in [4.78, 5) is 41.8. The standard InChI is InChI=1S/C24H19N7O4/c1-13-20(22(32)30(28-13)17-8-5-7-16(12-17)24(34)35)26-27-21-14(2)29-31(23(21)33)19-11-10-15-6-3-4-9-18(15)25-19/h3-12,20-21H,1-2H3,(H,34,35)/b27-26+. The topological polar surface area (TPSA) is 140 Å². The summed E-state index contributed by atoms with van der Waals surface area (Å²) in [6.45, 7) is 3.27. The molecule has 0 aliphatic carbocycles. The summed E-state index contributed by atoms with van der Waals surface area (Å²) in [7, 11) is 0. The zero-order valence-electron chi connectivity index (χ0n) is 18.7. The molecule has 2 atom stereocenters. The van der Waals surface area contributed by atoms with Crippen LogP contribution in [0.2, 0.25) is 0 Å². The third kappa shape index (κ3) is 3.92. The Hall–Kier alpha value is -4.80. The van der Waals surface area contributed by atoms with E-state index in [1.54, 1.807) is 26.0 Å². The van der Waals surface area contributed by atoms with Gasteiger partial charge in [-0.1, -0.05) is 24.3 Å². The molecule has 0 saturated carbocycles. The van der Waals surface area contributed by atoms with E-state index in [-0.39, 0.29) is 5.56 Å². The zero-order valence-corrected chi connectivity index (χ0v) is 18.7. The maximum atomic E-state index is 13.0. The SMILES string of the molecule is CC1=NN(c2cccc(C(=O)O)c2)C(=O)C1/N=N/C1C(=O)N(c2ccc3ccccc3n2)N=C1C. The van der Waals surface area contributed by atoms with Crippen molar-refractivity contribution in [2.24, 2.45) is 20.4 Å². The average molecular weight is 469 g/mol. The summed E-state index contributed by atoms with van der Waals surface area (Å²) >= 11 is 0. The van der Waals surface area contributed by atoms with E-state index in [4.69, 9.17) is 0 Å². The van der Waals surface area contributed by atoms with Crippen LogP contribution in [-0.2, 0) is 9.59 Å². The largest absolute Gasteiger partial charge is 0.478 e. The molecule has 1 aromatic heterocycles. The average Bonchev–Trinajstić information content (AvgIpc) is 3.31. The first-order valence-electron chi connectivity index (χ1n) is 10.7. The number of rotatable bonds is 5. The van der Waals surface area contributed by atoms with Crippen molar-refractivity contribution in [3.8, 4) is 0 Å². The maximum absolute atomic E-state index is 13.0. The molecule has 0 bridgehead atoms. The van der Waals surface area contributed by atoms with E-state index in [9.17, 15) is 19.5 Å². The summed E-state index contributed by atoms with van der Waals surface area (Å²) in [5.41, 5.74) is 1.84. The quantitative estimate of drug-likeness (QED) is 0.571. The summed E-state index contributed by atoms with van der Waals surface area (Å²) < 4.78 is 0. The van der Waals surface area contributed by atoms with E-state index in [0.717, 1.165) is 15.9 Å².